The Bertz CT molecular complexity index is 477. The van der Waals surface area contributed by atoms with Crippen molar-refractivity contribution >= 4 is 39.0 Å². The van der Waals surface area contributed by atoms with Gasteiger partial charge in [-0.05, 0) is 12.1 Å². The zero-order chi connectivity index (χ0) is 9.42. The fraction of sp³-hybridized carbons (Fsp3) is 0. The molecule has 2 rings (SSSR count). The SMILES string of the molecule is N=C(N)c1cc(Cl)cc2ncsc12. The summed E-state index contributed by atoms with van der Waals surface area (Å²) >= 11 is 7.30. The lowest BCUT2D eigenvalue weighted by Gasteiger charge is -1.99. The van der Waals surface area contributed by atoms with E-state index in [2.05, 4.69) is 4.98 Å². The number of nitrogens with one attached hydrogen (secondary N) is 1. The Morgan fingerprint density at radius 1 is 1.54 bits per heavy atom. The van der Waals surface area contributed by atoms with Gasteiger partial charge < -0.3 is 5.73 Å². The Hall–Kier alpha value is -1.13. The van der Waals surface area contributed by atoms with Crippen molar-refractivity contribution in [1.29, 1.82) is 5.41 Å². The van der Waals surface area contributed by atoms with Gasteiger partial charge in [0, 0.05) is 10.6 Å². The molecule has 0 saturated heterocycles. The number of hydrogen-bond donors (Lipinski definition) is 2. The zero-order valence-corrected chi connectivity index (χ0v) is 8.12. The molecule has 0 amide bonds. The first-order valence-electron chi connectivity index (χ1n) is 3.55. The number of halogens is 1. The van der Waals surface area contributed by atoms with Gasteiger partial charge >= 0.3 is 0 Å². The van der Waals surface area contributed by atoms with Crippen molar-refractivity contribution in [3.63, 3.8) is 0 Å². The van der Waals surface area contributed by atoms with Crippen LogP contribution in [0.25, 0.3) is 10.2 Å². The van der Waals surface area contributed by atoms with Gasteiger partial charge in [-0.25, -0.2) is 4.98 Å². The third-order valence-electron chi connectivity index (χ3n) is 1.69. The first-order chi connectivity index (χ1) is 6.18. The first-order valence-corrected chi connectivity index (χ1v) is 4.81. The summed E-state index contributed by atoms with van der Waals surface area (Å²) < 4.78 is 0.914. The fourth-order valence-corrected chi connectivity index (χ4v) is 2.15. The highest BCUT2D eigenvalue weighted by Crippen LogP contribution is 2.25. The molecular formula is C8H6ClN3S. The normalized spacial score (nSPS) is 10.5. The molecule has 0 bridgehead atoms. The minimum atomic E-state index is 0.0248. The lowest BCUT2D eigenvalue weighted by molar-refractivity contribution is 1.44. The number of fused-ring (bicyclic) bond motifs is 1. The Kier molecular flexibility index (Phi) is 1.94. The Morgan fingerprint density at radius 2 is 2.31 bits per heavy atom. The van der Waals surface area contributed by atoms with Crippen LogP contribution in [-0.2, 0) is 0 Å². The van der Waals surface area contributed by atoms with Crippen LogP contribution in [0.4, 0.5) is 0 Å². The monoisotopic (exact) mass is 211 g/mol. The predicted molar refractivity (Wildman–Crippen MR) is 55.6 cm³/mol. The zero-order valence-electron chi connectivity index (χ0n) is 6.54. The molecule has 0 fully saturated rings. The van der Waals surface area contributed by atoms with Gasteiger partial charge in [-0.1, -0.05) is 11.6 Å². The maximum Gasteiger partial charge on any atom is 0.124 e. The molecule has 0 atom stereocenters. The standard InChI is InChI=1S/C8H6ClN3S/c9-4-1-5(8(10)11)7-6(2-4)12-3-13-7/h1-3H,(H3,10,11). The predicted octanol–water partition coefficient (Wildman–Crippen LogP) is 2.23. The van der Waals surface area contributed by atoms with E-state index in [4.69, 9.17) is 22.7 Å². The maximum absolute atomic E-state index is 7.35. The summed E-state index contributed by atoms with van der Waals surface area (Å²) in [6.07, 6.45) is 0. The van der Waals surface area contributed by atoms with Crippen molar-refractivity contribution < 1.29 is 0 Å². The molecule has 3 N–H and O–H groups in total. The van der Waals surface area contributed by atoms with E-state index in [0.717, 1.165) is 10.2 Å². The van der Waals surface area contributed by atoms with Crippen LogP contribution in [0.3, 0.4) is 0 Å². The van der Waals surface area contributed by atoms with Gasteiger partial charge in [0.05, 0.1) is 15.7 Å². The second-order valence-corrected chi connectivity index (χ2v) is 3.86. The first kappa shape index (κ1) is 8.47. The molecule has 0 unspecified atom stereocenters. The number of nitrogen functional groups attached to an aromatic ring is 1. The second kappa shape index (κ2) is 2.97. The van der Waals surface area contributed by atoms with Crippen LogP contribution in [0.15, 0.2) is 17.6 Å². The summed E-state index contributed by atoms with van der Waals surface area (Å²) in [7, 11) is 0. The van der Waals surface area contributed by atoms with Gasteiger partial charge in [0.1, 0.15) is 5.84 Å². The number of aromatic nitrogens is 1. The Morgan fingerprint density at radius 3 is 3.00 bits per heavy atom. The number of benzene rings is 1. The molecule has 1 heterocycles. The van der Waals surface area contributed by atoms with Gasteiger partial charge in [0.25, 0.3) is 0 Å². The van der Waals surface area contributed by atoms with E-state index >= 15 is 0 Å². The van der Waals surface area contributed by atoms with E-state index in [1.165, 1.54) is 11.3 Å². The van der Waals surface area contributed by atoms with E-state index in [0.29, 0.717) is 10.6 Å². The largest absolute Gasteiger partial charge is 0.384 e. The molecule has 13 heavy (non-hydrogen) atoms. The van der Waals surface area contributed by atoms with Crippen molar-refractivity contribution in [3.8, 4) is 0 Å². The third kappa shape index (κ3) is 1.38. The summed E-state index contributed by atoms with van der Waals surface area (Å²) in [6.45, 7) is 0. The quantitative estimate of drug-likeness (QED) is 0.561. The summed E-state index contributed by atoms with van der Waals surface area (Å²) in [5, 5.41) is 7.91. The van der Waals surface area contributed by atoms with Crippen LogP contribution in [0.5, 0.6) is 0 Å². The lowest BCUT2D eigenvalue weighted by atomic mass is 10.2. The average Bonchev–Trinajstić information content (AvgIpc) is 2.49. The third-order valence-corrected chi connectivity index (χ3v) is 2.78. The topological polar surface area (TPSA) is 62.8 Å². The van der Waals surface area contributed by atoms with Crippen molar-refractivity contribution in [2.75, 3.05) is 0 Å². The second-order valence-electron chi connectivity index (χ2n) is 2.57. The van der Waals surface area contributed by atoms with Crippen molar-refractivity contribution in [3.05, 3.63) is 28.2 Å². The van der Waals surface area contributed by atoms with Crippen LogP contribution < -0.4 is 5.73 Å². The highest BCUT2D eigenvalue weighted by Gasteiger charge is 2.07. The highest BCUT2D eigenvalue weighted by atomic mass is 35.5. The van der Waals surface area contributed by atoms with E-state index in [-0.39, 0.29) is 5.84 Å². The minimum absolute atomic E-state index is 0.0248. The number of rotatable bonds is 1. The van der Waals surface area contributed by atoms with E-state index in [1.807, 2.05) is 0 Å². The highest BCUT2D eigenvalue weighted by molar-refractivity contribution is 7.17. The van der Waals surface area contributed by atoms with Crippen molar-refractivity contribution in [2.24, 2.45) is 5.73 Å². The molecule has 1 aromatic carbocycles. The van der Waals surface area contributed by atoms with E-state index in [1.54, 1.807) is 17.6 Å². The smallest absolute Gasteiger partial charge is 0.124 e. The van der Waals surface area contributed by atoms with Crippen LogP contribution in [-0.4, -0.2) is 10.8 Å². The number of amidine groups is 1. The van der Waals surface area contributed by atoms with Gasteiger partial charge in [0.15, 0.2) is 0 Å². The fourth-order valence-electron chi connectivity index (χ4n) is 1.13. The molecule has 0 aliphatic rings. The molecule has 66 valence electrons. The molecule has 0 spiro atoms. The van der Waals surface area contributed by atoms with Gasteiger partial charge in [-0.3, -0.25) is 5.41 Å². The number of nitrogens with two attached hydrogens (primary N) is 1. The van der Waals surface area contributed by atoms with Gasteiger partial charge in [0.2, 0.25) is 0 Å². The molecule has 5 heteroatoms. The number of nitrogens with zero attached hydrogens (tertiary/aromatic N) is 1. The minimum Gasteiger partial charge on any atom is -0.384 e. The van der Waals surface area contributed by atoms with E-state index in [9.17, 15) is 0 Å². The Balaban J connectivity index is 2.84. The van der Waals surface area contributed by atoms with Crippen LogP contribution >= 0.6 is 22.9 Å². The van der Waals surface area contributed by atoms with Crippen molar-refractivity contribution in [1.82, 2.24) is 4.98 Å². The van der Waals surface area contributed by atoms with Gasteiger partial charge in [-0.2, -0.15) is 0 Å². The molecule has 1 aromatic heterocycles. The molecule has 0 radical (unpaired) electrons. The molecule has 0 aliphatic heterocycles. The Labute approximate surface area is 83.7 Å². The summed E-state index contributed by atoms with van der Waals surface area (Å²) in [5.74, 6) is 0.0248. The summed E-state index contributed by atoms with van der Waals surface area (Å²) in [6, 6.07) is 3.45. The van der Waals surface area contributed by atoms with Crippen LogP contribution in [0.1, 0.15) is 5.56 Å². The van der Waals surface area contributed by atoms with Crippen molar-refractivity contribution in [2.45, 2.75) is 0 Å². The summed E-state index contributed by atoms with van der Waals surface area (Å²) in [5.41, 5.74) is 8.58. The van der Waals surface area contributed by atoms with Crippen LogP contribution in [0, 0.1) is 5.41 Å². The average molecular weight is 212 g/mol. The maximum atomic E-state index is 7.35. The molecule has 3 nitrogen and oxygen atoms in total. The van der Waals surface area contributed by atoms with E-state index < -0.39 is 0 Å². The van der Waals surface area contributed by atoms with Crippen LogP contribution in [0.2, 0.25) is 5.02 Å². The molecule has 0 aliphatic carbocycles. The molecular weight excluding hydrogens is 206 g/mol. The summed E-state index contributed by atoms with van der Waals surface area (Å²) in [4.78, 5) is 4.10. The number of hydrogen-bond acceptors (Lipinski definition) is 3. The van der Waals surface area contributed by atoms with Gasteiger partial charge in [-0.15, -0.1) is 11.3 Å². The molecule has 0 saturated carbocycles. The number of thiazole rings is 1. The molecule has 2 aromatic rings. The lowest BCUT2D eigenvalue weighted by Crippen LogP contribution is -2.10.